The minimum atomic E-state index is -0.560. The molecule has 0 heterocycles. The topological polar surface area (TPSA) is 67.4 Å². The highest BCUT2D eigenvalue weighted by Crippen LogP contribution is 2.28. The summed E-state index contributed by atoms with van der Waals surface area (Å²) >= 11 is 18.3. The van der Waals surface area contributed by atoms with E-state index in [-0.39, 0.29) is 17.2 Å². The fraction of sp³-hybridized carbons (Fsp3) is 0.0667. The largest absolute Gasteiger partial charge is 0.483 e. The van der Waals surface area contributed by atoms with Gasteiger partial charge in [0, 0.05) is 9.50 Å². The van der Waals surface area contributed by atoms with Crippen LogP contribution in [-0.2, 0) is 4.79 Å². The Bertz CT molecular complexity index is 787. The lowest BCUT2D eigenvalue weighted by molar-refractivity contribution is -0.123. The molecular formula is C15H10Br2Cl2N2O3. The van der Waals surface area contributed by atoms with Gasteiger partial charge in [0.25, 0.3) is 11.8 Å². The van der Waals surface area contributed by atoms with Gasteiger partial charge >= 0.3 is 0 Å². The zero-order valence-electron chi connectivity index (χ0n) is 11.9. The number of ether oxygens (including phenoxy) is 1. The van der Waals surface area contributed by atoms with Crippen LogP contribution in [0.4, 0.5) is 0 Å². The van der Waals surface area contributed by atoms with E-state index in [1.165, 1.54) is 18.2 Å². The van der Waals surface area contributed by atoms with E-state index in [1.807, 2.05) is 0 Å². The molecule has 5 nitrogen and oxygen atoms in total. The molecule has 0 saturated heterocycles. The van der Waals surface area contributed by atoms with Crippen molar-refractivity contribution in [3.05, 3.63) is 61.0 Å². The minimum absolute atomic E-state index is 0.185. The Morgan fingerprint density at radius 3 is 2.46 bits per heavy atom. The zero-order valence-corrected chi connectivity index (χ0v) is 16.6. The number of benzene rings is 2. The van der Waals surface area contributed by atoms with Gasteiger partial charge in [-0.05, 0) is 52.3 Å². The van der Waals surface area contributed by atoms with Crippen LogP contribution in [-0.4, -0.2) is 18.4 Å². The molecule has 126 valence electrons. The fourth-order valence-electron chi connectivity index (χ4n) is 1.64. The maximum absolute atomic E-state index is 11.9. The molecule has 0 spiro atoms. The van der Waals surface area contributed by atoms with E-state index in [0.29, 0.717) is 15.2 Å². The first-order valence-electron chi connectivity index (χ1n) is 6.49. The van der Waals surface area contributed by atoms with Crippen molar-refractivity contribution in [3.63, 3.8) is 0 Å². The summed E-state index contributed by atoms with van der Waals surface area (Å²) in [6.07, 6.45) is 0. The number of hydrazine groups is 1. The van der Waals surface area contributed by atoms with E-state index in [1.54, 1.807) is 18.2 Å². The SMILES string of the molecule is O=C(COc1ccc(Br)cc1Br)NNC(=O)c1ccc(Cl)cc1Cl. The quantitative estimate of drug-likeness (QED) is 0.618. The number of rotatable bonds is 4. The van der Waals surface area contributed by atoms with Gasteiger partial charge < -0.3 is 4.74 Å². The molecule has 0 unspecified atom stereocenters. The molecule has 0 radical (unpaired) electrons. The first kappa shape index (κ1) is 19.1. The van der Waals surface area contributed by atoms with Crippen molar-refractivity contribution in [1.29, 1.82) is 0 Å². The molecule has 0 bridgehead atoms. The van der Waals surface area contributed by atoms with Gasteiger partial charge in [-0.25, -0.2) is 0 Å². The molecule has 0 atom stereocenters. The first-order chi connectivity index (χ1) is 11.4. The molecule has 0 aliphatic rings. The predicted molar refractivity (Wildman–Crippen MR) is 99.4 cm³/mol. The molecule has 2 aromatic carbocycles. The Balaban J connectivity index is 1.85. The van der Waals surface area contributed by atoms with Crippen molar-refractivity contribution in [3.8, 4) is 5.75 Å². The summed E-state index contributed by atoms with van der Waals surface area (Å²) in [6.45, 7) is -0.269. The lowest BCUT2D eigenvalue weighted by Crippen LogP contribution is -2.43. The lowest BCUT2D eigenvalue weighted by atomic mass is 10.2. The van der Waals surface area contributed by atoms with Crippen molar-refractivity contribution >= 4 is 66.9 Å². The minimum Gasteiger partial charge on any atom is -0.483 e. The van der Waals surface area contributed by atoms with Gasteiger partial charge in [0.2, 0.25) is 0 Å². The van der Waals surface area contributed by atoms with Crippen molar-refractivity contribution in [1.82, 2.24) is 10.9 Å². The van der Waals surface area contributed by atoms with Crippen LogP contribution in [0.5, 0.6) is 5.75 Å². The van der Waals surface area contributed by atoms with Crippen molar-refractivity contribution < 1.29 is 14.3 Å². The molecule has 0 saturated carbocycles. The second-order valence-corrected chi connectivity index (χ2v) is 7.10. The highest BCUT2D eigenvalue weighted by atomic mass is 79.9. The smallest absolute Gasteiger partial charge is 0.276 e. The predicted octanol–water partition coefficient (Wildman–Crippen LogP) is 4.36. The number of carbonyl (C=O) groups excluding carboxylic acids is 2. The monoisotopic (exact) mass is 494 g/mol. The molecule has 2 rings (SSSR count). The Hall–Kier alpha value is -1.28. The van der Waals surface area contributed by atoms with Crippen LogP contribution in [0.3, 0.4) is 0 Å². The van der Waals surface area contributed by atoms with Crippen LogP contribution >= 0.6 is 55.1 Å². The molecule has 9 heteroatoms. The lowest BCUT2D eigenvalue weighted by Gasteiger charge is -2.10. The van der Waals surface area contributed by atoms with Gasteiger partial charge in [0.15, 0.2) is 6.61 Å². The van der Waals surface area contributed by atoms with Gasteiger partial charge in [0.1, 0.15) is 5.75 Å². The van der Waals surface area contributed by atoms with Crippen LogP contribution < -0.4 is 15.6 Å². The van der Waals surface area contributed by atoms with E-state index in [0.717, 1.165) is 4.47 Å². The van der Waals surface area contributed by atoms with E-state index in [9.17, 15) is 9.59 Å². The number of amides is 2. The average Bonchev–Trinajstić information content (AvgIpc) is 2.51. The standard InChI is InChI=1S/C15H10Br2Cl2N2O3/c16-8-1-4-13(11(17)5-8)24-7-14(22)20-21-15(23)10-3-2-9(18)6-12(10)19/h1-6H,7H2,(H,20,22)(H,21,23). The summed E-state index contributed by atoms with van der Waals surface area (Å²) in [6, 6.07) is 9.70. The van der Waals surface area contributed by atoms with E-state index in [2.05, 4.69) is 42.7 Å². The van der Waals surface area contributed by atoms with Gasteiger partial charge in [-0.1, -0.05) is 39.1 Å². The maximum Gasteiger partial charge on any atom is 0.276 e. The van der Waals surface area contributed by atoms with Crippen LogP contribution in [0, 0.1) is 0 Å². The van der Waals surface area contributed by atoms with Crippen LogP contribution in [0.2, 0.25) is 10.0 Å². The second-order valence-electron chi connectivity index (χ2n) is 4.49. The average molecular weight is 497 g/mol. The number of carbonyl (C=O) groups is 2. The van der Waals surface area contributed by atoms with E-state index < -0.39 is 11.8 Å². The number of hydrogen-bond donors (Lipinski definition) is 2. The molecule has 24 heavy (non-hydrogen) atoms. The summed E-state index contributed by atoms with van der Waals surface area (Å²) < 4.78 is 6.93. The molecule has 2 aromatic rings. The Morgan fingerprint density at radius 1 is 1.04 bits per heavy atom. The van der Waals surface area contributed by atoms with Crippen LogP contribution in [0.1, 0.15) is 10.4 Å². The highest BCUT2D eigenvalue weighted by Gasteiger charge is 2.12. The summed E-state index contributed by atoms with van der Waals surface area (Å²) in [5.41, 5.74) is 4.69. The Labute approximate surface area is 164 Å². The third-order valence-electron chi connectivity index (χ3n) is 2.74. The highest BCUT2D eigenvalue weighted by molar-refractivity contribution is 9.11. The second kappa shape index (κ2) is 8.71. The number of halogens is 4. The van der Waals surface area contributed by atoms with E-state index >= 15 is 0 Å². The molecule has 0 aliphatic heterocycles. The van der Waals surface area contributed by atoms with E-state index in [4.69, 9.17) is 27.9 Å². The summed E-state index contributed by atoms with van der Waals surface area (Å²) in [5.74, 6) is -0.585. The molecule has 0 aliphatic carbocycles. The Morgan fingerprint density at radius 2 is 1.79 bits per heavy atom. The molecule has 2 amide bonds. The summed E-state index contributed by atoms with van der Waals surface area (Å²) in [5, 5.41) is 0.596. The number of hydrogen-bond acceptors (Lipinski definition) is 3. The van der Waals surface area contributed by atoms with Gasteiger partial charge in [-0.2, -0.15) is 0 Å². The van der Waals surface area contributed by atoms with Gasteiger partial charge in [-0.3, -0.25) is 20.4 Å². The molecular weight excluding hydrogens is 487 g/mol. The normalized spacial score (nSPS) is 10.2. The summed E-state index contributed by atoms with van der Waals surface area (Å²) in [7, 11) is 0. The fourth-order valence-corrected chi connectivity index (χ4v) is 3.29. The van der Waals surface area contributed by atoms with Crippen LogP contribution in [0.15, 0.2) is 45.3 Å². The van der Waals surface area contributed by atoms with Crippen molar-refractivity contribution in [2.24, 2.45) is 0 Å². The molecule has 0 fully saturated rings. The van der Waals surface area contributed by atoms with Crippen molar-refractivity contribution in [2.75, 3.05) is 6.61 Å². The van der Waals surface area contributed by atoms with Crippen molar-refractivity contribution in [2.45, 2.75) is 0 Å². The third kappa shape index (κ3) is 5.37. The third-order valence-corrected chi connectivity index (χ3v) is 4.40. The van der Waals surface area contributed by atoms with Crippen LogP contribution in [0.25, 0.3) is 0 Å². The van der Waals surface area contributed by atoms with Gasteiger partial charge in [-0.15, -0.1) is 0 Å². The molecule has 0 aromatic heterocycles. The number of nitrogens with one attached hydrogen (secondary N) is 2. The summed E-state index contributed by atoms with van der Waals surface area (Å²) in [4.78, 5) is 23.7. The maximum atomic E-state index is 11.9. The Kier molecular flexibility index (Phi) is 6.91. The zero-order chi connectivity index (χ0) is 17.7. The molecule has 2 N–H and O–H groups in total. The van der Waals surface area contributed by atoms with Gasteiger partial charge in [0.05, 0.1) is 15.1 Å². The first-order valence-corrected chi connectivity index (χ1v) is 8.83.